The molecule has 43 heavy (non-hydrogen) atoms. The number of pyridine rings is 1. The van der Waals surface area contributed by atoms with Crippen LogP contribution in [-0.4, -0.2) is 68.7 Å². The predicted octanol–water partition coefficient (Wildman–Crippen LogP) is 6.08. The van der Waals surface area contributed by atoms with Crippen molar-refractivity contribution in [3.63, 3.8) is 0 Å². The average Bonchev–Trinajstić information content (AvgIpc) is 3.02. The number of hydrogen-bond acceptors (Lipinski definition) is 8. The summed E-state index contributed by atoms with van der Waals surface area (Å²) in [6, 6.07) is 15.6. The van der Waals surface area contributed by atoms with Crippen LogP contribution in [0.15, 0.2) is 72.0 Å². The van der Waals surface area contributed by atoms with Gasteiger partial charge in [0.15, 0.2) is 23.1 Å². The van der Waals surface area contributed by atoms with Crippen molar-refractivity contribution in [2.45, 2.75) is 6.42 Å². The quantitative estimate of drug-likeness (QED) is 0.121. The van der Waals surface area contributed by atoms with E-state index < -0.39 is 11.8 Å². The van der Waals surface area contributed by atoms with Crippen LogP contribution in [-0.2, 0) is 4.74 Å². The third-order valence-electron chi connectivity index (χ3n) is 6.63. The van der Waals surface area contributed by atoms with E-state index in [1.165, 1.54) is 18.3 Å². The van der Waals surface area contributed by atoms with Crippen molar-refractivity contribution in [2.24, 2.45) is 5.10 Å². The lowest BCUT2D eigenvalue weighted by Crippen LogP contribution is -2.37. The number of urea groups is 1. The summed E-state index contributed by atoms with van der Waals surface area (Å²) in [7, 11) is 1.56. The minimum atomic E-state index is -0.667. The molecule has 2 heterocycles. The average molecular weight is 608 g/mol. The van der Waals surface area contributed by atoms with Gasteiger partial charge in [0.2, 0.25) is 0 Å². The molecule has 5 rings (SSSR count). The van der Waals surface area contributed by atoms with Gasteiger partial charge in [0.05, 0.1) is 38.7 Å². The van der Waals surface area contributed by atoms with E-state index in [2.05, 4.69) is 25.7 Å². The highest BCUT2D eigenvalue weighted by molar-refractivity contribution is 6.30. The fourth-order valence-corrected chi connectivity index (χ4v) is 4.56. The number of methoxy groups -OCH3 is 1. The van der Waals surface area contributed by atoms with Crippen LogP contribution in [0.25, 0.3) is 10.9 Å². The number of nitrogens with zero attached hydrogens (tertiary/aromatic N) is 3. The molecule has 0 atom stereocenters. The van der Waals surface area contributed by atoms with Crippen LogP contribution in [0.1, 0.15) is 12.0 Å². The van der Waals surface area contributed by atoms with Crippen molar-refractivity contribution in [3.05, 3.63) is 83.3 Å². The Labute approximate surface area is 253 Å². The molecule has 2 amide bonds. The van der Waals surface area contributed by atoms with E-state index in [9.17, 15) is 4.79 Å². The number of fused-ring (bicyclic) bond motifs is 1. The number of carbonyl (C=O) groups is 1. The van der Waals surface area contributed by atoms with Gasteiger partial charge in [-0.15, -0.1) is 0 Å². The third kappa shape index (κ3) is 8.31. The highest BCUT2D eigenvalue weighted by Crippen LogP contribution is 2.38. The number of morpholine rings is 1. The fraction of sp³-hybridized carbons (Fsp3) is 0.258. The van der Waals surface area contributed by atoms with Crippen LogP contribution in [0.5, 0.6) is 23.0 Å². The molecular formula is C31H31ClFN5O5. The molecule has 1 fully saturated rings. The van der Waals surface area contributed by atoms with Crippen LogP contribution in [0, 0.1) is 5.82 Å². The normalized spacial score (nSPS) is 13.7. The summed E-state index contributed by atoms with van der Waals surface area (Å²) in [5, 5.41) is 7.62. The van der Waals surface area contributed by atoms with Crippen molar-refractivity contribution < 1.29 is 28.1 Å². The van der Waals surface area contributed by atoms with E-state index >= 15 is 4.39 Å². The van der Waals surface area contributed by atoms with E-state index in [4.69, 9.17) is 30.5 Å². The Kier molecular flexibility index (Phi) is 10.2. The van der Waals surface area contributed by atoms with Gasteiger partial charge < -0.3 is 24.3 Å². The molecule has 224 valence electrons. The molecule has 2 N–H and O–H groups in total. The molecule has 0 aliphatic carbocycles. The first kappa shape index (κ1) is 30.0. The molecular weight excluding hydrogens is 577 g/mol. The first-order valence-corrected chi connectivity index (χ1v) is 14.1. The summed E-state index contributed by atoms with van der Waals surface area (Å²) in [6.07, 6.45) is 3.90. The number of ether oxygens (including phenoxy) is 4. The van der Waals surface area contributed by atoms with E-state index in [0.29, 0.717) is 39.8 Å². The second kappa shape index (κ2) is 14.6. The molecule has 0 radical (unpaired) electrons. The number of hydrogen-bond donors (Lipinski definition) is 2. The molecule has 0 spiro atoms. The van der Waals surface area contributed by atoms with Crippen LogP contribution >= 0.6 is 11.6 Å². The minimum Gasteiger partial charge on any atom is -0.493 e. The molecule has 0 unspecified atom stereocenters. The zero-order valence-corrected chi connectivity index (χ0v) is 24.3. The maximum Gasteiger partial charge on any atom is 0.339 e. The van der Waals surface area contributed by atoms with Gasteiger partial charge in [-0.1, -0.05) is 23.7 Å². The van der Waals surface area contributed by atoms with Crippen molar-refractivity contribution in [3.8, 4) is 23.0 Å². The molecule has 0 bridgehead atoms. The number of nitrogens with one attached hydrogen (secondary N) is 2. The zero-order valence-electron chi connectivity index (χ0n) is 23.5. The summed E-state index contributed by atoms with van der Waals surface area (Å²) in [5.74, 6) is 0.776. The van der Waals surface area contributed by atoms with Gasteiger partial charge in [0, 0.05) is 54.1 Å². The highest BCUT2D eigenvalue weighted by atomic mass is 35.5. The predicted molar refractivity (Wildman–Crippen MR) is 163 cm³/mol. The summed E-state index contributed by atoms with van der Waals surface area (Å²) in [4.78, 5) is 19.0. The molecule has 1 aliphatic rings. The molecule has 1 aliphatic heterocycles. The number of carbonyl (C=O) groups excluding carboxylic acids is 1. The standard InChI is InChI=1S/C31H31ClFN5O5/c1-40-29-18-24-26(19-30(29)42-14-2-11-38-12-15-41-16-13-38)34-10-9-27(24)43-28-8-7-23(17-25(28)33)36-31(39)37-35-20-21-3-5-22(32)6-4-21/h3-10,17-20H,2,11-16H2,1H3,(H2,36,37,39)/b35-20+. The van der Waals surface area contributed by atoms with Crippen molar-refractivity contribution >= 4 is 40.4 Å². The first-order chi connectivity index (χ1) is 21.0. The Morgan fingerprint density at radius 3 is 2.65 bits per heavy atom. The Hall–Kier alpha value is -4.45. The second-order valence-corrected chi connectivity index (χ2v) is 10.0. The van der Waals surface area contributed by atoms with E-state index in [1.807, 2.05) is 0 Å². The monoisotopic (exact) mass is 607 g/mol. The Bertz CT molecular complexity index is 1580. The Balaban J connectivity index is 1.20. The smallest absolute Gasteiger partial charge is 0.339 e. The summed E-state index contributed by atoms with van der Waals surface area (Å²) < 4.78 is 37.9. The largest absolute Gasteiger partial charge is 0.493 e. The van der Waals surface area contributed by atoms with E-state index in [1.54, 1.807) is 55.8 Å². The van der Waals surface area contributed by atoms with Gasteiger partial charge in [0.25, 0.3) is 0 Å². The van der Waals surface area contributed by atoms with Crippen LogP contribution in [0.2, 0.25) is 5.02 Å². The number of halogens is 2. The number of anilines is 1. The number of rotatable bonds is 11. The highest BCUT2D eigenvalue weighted by Gasteiger charge is 2.15. The van der Waals surface area contributed by atoms with Gasteiger partial charge in [-0.3, -0.25) is 9.88 Å². The number of benzene rings is 3. The van der Waals surface area contributed by atoms with Gasteiger partial charge >= 0.3 is 6.03 Å². The molecule has 10 nitrogen and oxygen atoms in total. The lowest BCUT2D eigenvalue weighted by Gasteiger charge is -2.26. The molecule has 1 aromatic heterocycles. The van der Waals surface area contributed by atoms with Crippen molar-refractivity contribution in [1.29, 1.82) is 0 Å². The minimum absolute atomic E-state index is 0.0263. The molecule has 12 heteroatoms. The maximum absolute atomic E-state index is 15.0. The Morgan fingerprint density at radius 2 is 1.88 bits per heavy atom. The molecule has 4 aromatic rings. The number of aromatic nitrogens is 1. The zero-order chi connectivity index (χ0) is 30.0. The molecule has 3 aromatic carbocycles. The van der Waals surface area contributed by atoms with Gasteiger partial charge in [-0.25, -0.2) is 14.6 Å². The molecule has 0 saturated carbocycles. The van der Waals surface area contributed by atoms with Crippen molar-refractivity contribution in [1.82, 2.24) is 15.3 Å². The lowest BCUT2D eigenvalue weighted by atomic mass is 10.1. The molecule has 1 saturated heterocycles. The van der Waals surface area contributed by atoms with Crippen LogP contribution < -0.4 is 25.0 Å². The number of amides is 2. The first-order valence-electron chi connectivity index (χ1n) is 13.7. The SMILES string of the molecule is COc1cc2c(Oc3ccc(NC(=O)N/N=C/c4ccc(Cl)cc4)cc3F)ccnc2cc1OCCCN1CCOCC1. The van der Waals surface area contributed by atoms with Crippen LogP contribution in [0.3, 0.4) is 0 Å². The van der Waals surface area contributed by atoms with Gasteiger partial charge in [-0.05, 0) is 48.4 Å². The Morgan fingerprint density at radius 1 is 1.07 bits per heavy atom. The summed E-state index contributed by atoms with van der Waals surface area (Å²) in [6.45, 7) is 4.84. The van der Waals surface area contributed by atoms with E-state index in [0.717, 1.165) is 50.9 Å². The lowest BCUT2D eigenvalue weighted by molar-refractivity contribution is 0.0357. The topological polar surface area (TPSA) is 107 Å². The maximum atomic E-state index is 15.0. The van der Waals surface area contributed by atoms with E-state index in [-0.39, 0.29) is 11.4 Å². The van der Waals surface area contributed by atoms with Crippen LogP contribution in [0.4, 0.5) is 14.9 Å². The van der Waals surface area contributed by atoms with Crippen molar-refractivity contribution in [2.75, 3.05) is 51.9 Å². The summed E-state index contributed by atoms with van der Waals surface area (Å²) in [5.41, 5.74) is 3.91. The number of hydrazone groups is 1. The van der Waals surface area contributed by atoms with Gasteiger partial charge in [-0.2, -0.15) is 5.10 Å². The third-order valence-corrected chi connectivity index (χ3v) is 6.88. The van der Waals surface area contributed by atoms with Gasteiger partial charge in [0.1, 0.15) is 5.75 Å². The summed E-state index contributed by atoms with van der Waals surface area (Å²) >= 11 is 5.86. The second-order valence-electron chi connectivity index (χ2n) is 9.61. The fourth-order valence-electron chi connectivity index (χ4n) is 4.44.